The molecule has 1 rings (SSSR count). The van der Waals surface area contributed by atoms with Crippen LogP contribution in [0.25, 0.3) is 0 Å². The Bertz CT molecular complexity index is 236. The molecule has 1 aliphatic rings. The van der Waals surface area contributed by atoms with Crippen molar-refractivity contribution in [3.63, 3.8) is 0 Å². The Hall–Kier alpha value is -0.610. The summed E-state index contributed by atoms with van der Waals surface area (Å²) in [5, 5.41) is 12.6. The number of nitrogens with one attached hydrogen (secondary N) is 1. The van der Waals surface area contributed by atoms with Crippen LogP contribution in [0, 0.1) is 5.92 Å². The molecule has 4 heteroatoms. The molecule has 17 heavy (non-hydrogen) atoms. The number of nitrogens with zero attached hydrogens (tertiary/aromatic N) is 1. The van der Waals surface area contributed by atoms with E-state index in [1.54, 1.807) is 19.0 Å². The van der Waals surface area contributed by atoms with Gasteiger partial charge in [-0.05, 0) is 38.5 Å². The Morgan fingerprint density at radius 2 is 1.94 bits per heavy atom. The molecule has 0 bridgehead atoms. The van der Waals surface area contributed by atoms with E-state index in [1.807, 2.05) is 0 Å². The van der Waals surface area contributed by atoms with Gasteiger partial charge in [0.05, 0.1) is 0 Å². The van der Waals surface area contributed by atoms with Crippen LogP contribution in [-0.4, -0.2) is 48.7 Å². The largest absolute Gasteiger partial charge is 0.396 e. The second-order valence-electron chi connectivity index (χ2n) is 5.46. The Labute approximate surface area is 104 Å². The average Bonchev–Trinajstić information content (AvgIpc) is 2.29. The predicted molar refractivity (Wildman–Crippen MR) is 68.7 cm³/mol. The zero-order chi connectivity index (χ0) is 12.8. The van der Waals surface area contributed by atoms with Crippen molar-refractivity contribution in [3.05, 3.63) is 0 Å². The quantitative estimate of drug-likeness (QED) is 0.756. The summed E-state index contributed by atoms with van der Waals surface area (Å²) in [7, 11) is 3.59. The molecule has 0 radical (unpaired) electrons. The van der Waals surface area contributed by atoms with E-state index >= 15 is 0 Å². The highest BCUT2D eigenvalue weighted by Gasteiger charge is 2.22. The summed E-state index contributed by atoms with van der Waals surface area (Å²) in [6.07, 6.45) is 5.00. The molecule has 1 fully saturated rings. The van der Waals surface area contributed by atoms with Crippen molar-refractivity contribution < 1.29 is 9.90 Å². The van der Waals surface area contributed by atoms with Crippen LogP contribution in [0.15, 0.2) is 0 Å². The molecule has 1 atom stereocenters. The Balaban J connectivity index is 2.23. The SMILES string of the molecule is CC(CC(=O)N(C)C)NC1CCC(CO)CC1. The summed E-state index contributed by atoms with van der Waals surface area (Å²) < 4.78 is 0. The van der Waals surface area contributed by atoms with E-state index < -0.39 is 0 Å². The molecular weight excluding hydrogens is 216 g/mol. The molecule has 0 heterocycles. The lowest BCUT2D eigenvalue weighted by molar-refractivity contribution is -0.129. The van der Waals surface area contributed by atoms with Crippen LogP contribution >= 0.6 is 0 Å². The highest BCUT2D eigenvalue weighted by molar-refractivity contribution is 5.76. The van der Waals surface area contributed by atoms with Gasteiger partial charge in [0.15, 0.2) is 0 Å². The number of rotatable bonds is 5. The molecule has 0 aromatic heterocycles. The van der Waals surface area contributed by atoms with Crippen molar-refractivity contribution in [2.75, 3.05) is 20.7 Å². The van der Waals surface area contributed by atoms with Gasteiger partial charge in [-0.1, -0.05) is 0 Å². The van der Waals surface area contributed by atoms with Crippen LogP contribution < -0.4 is 5.32 Å². The van der Waals surface area contributed by atoms with Gasteiger partial charge in [0.2, 0.25) is 5.91 Å². The molecule has 1 amide bonds. The number of carbonyl (C=O) groups is 1. The molecule has 100 valence electrons. The van der Waals surface area contributed by atoms with Crippen LogP contribution in [0.3, 0.4) is 0 Å². The van der Waals surface area contributed by atoms with Gasteiger partial charge in [-0.3, -0.25) is 4.79 Å². The monoisotopic (exact) mass is 242 g/mol. The van der Waals surface area contributed by atoms with Crippen molar-refractivity contribution in [1.29, 1.82) is 0 Å². The number of hydrogen-bond acceptors (Lipinski definition) is 3. The van der Waals surface area contributed by atoms with E-state index in [2.05, 4.69) is 12.2 Å². The highest BCUT2D eigenvalue weighted by atomic mass is 16.3. The van der Waals surface area contributed by atoms with Crippen LogP contribution in [0.4, 0.5) is 0 Å². The van der Waals surface area contributed by atoms with E-state index in [-0.39, 0.29) is 11.9 Å². The van der Waals surface area contributed by atoms with Gasteiger partial charge in [0, 0.05) is 39.2 Å². The minimum Gasteiger partial charge on any atom is -0.396 e. The molecule has 0 spiro atoms. The first kappa shape index (κ1) is 14.5. The first-order valence-electron chi connectivity index (χ1n) is 6.60. The zero-order valence-electron chi connectivity index (χ0n) is 11.3. The molecule has 0 saturated heterocycles. The summed E-state index contributed by atoms with van der Waals surface area (Å²) in [5.74, 6) is 0.667. The molecule has 0 aliphatic heterocycles. The number of carbonyl (C=O) groups excluding carboxylic acids is 1. The van der Waals surface area contributed by atoms with E-state index in [9.17, 15) is 4.79 Å². The van der Waals surface area contributed by atoms with E-state index in [0.29, 0.717) is 25.0 Å². The second kappa shape index (κ2) is 6.97. The van der Waals surface area contributed by atoms with Crippen molar-refractivity contribution in [3.8, 4) is 0 Å². The molecule has 0 aromatic carbocycles. The third kappa shape index (κ3) is 5.04. The third-order valence-corrected chi connectivity index (χ3v) is 3.60. The number of aliphatic hydroxyl groups is 1. The Morgan fingerprint density at radius 3 is 2.41 bits per heavy atom. The standard InChI is InChI=1S/C13H26N2O2/c1-10(8-13(17)15(2)3)14-12-6-4-11(9-16)5-7-12/h10-12,14,16H,4-9H2,1-3H3. The van der Waals surface area contributed by atoms with E-state index in [0.717, 1.165) is 25.7 Å². The summed E-state index contributed by atoms with van der Waals surface area (Å²) in [6, 6.07) is 0.753. The van der Waals surface area contributed by atoms with Gasteiger partial charge in [0.25, 0.3) is 0 Å². The minimum absolute atomic E-state index is 0.175. The number of hydrogen-bond donors (Lipinski definition) is 2. The smallest absolute Gasteiger partial charge is 0.223 e. The van der Waals surface area contributed by atoms with Crippen molar-refractivity contribution >= 4 is 5.91 Å². The molecule has 2 N–H and O–H groups in total. The summed E-state index contributed by atoms with van der Waals surface area (Å²) in [6.45, 7) is 2.39. The van der Waals surface area contributed by atoms with Gasteiger partial charge >= 0.3 is 0 Å². The highest BCUT2D eigenvalue weighted by Crippen LogP contribution is 2.24. The van der Waals surface area contributed by atoms with Gasteiger partial charge < -0.3 is 15.3 Å². The first-order valence-corrected chi connectivity index (χ1v) is 6.60. The van der Waals surface area contributed by atoms with Crippen molar-refractivity contribution in [2.24, 2.45) is 5.92 Å². The lowest BCUT2D eigenvalue weighted by Crippen LogP contribution is -2.41. The summed E-state index contributed by atoms with van der Waals surface area (Å²) >= 11 is 0. The summed E-state index contributed by atoms with van der Waals surface area (Å²) in [4.78, 5) is 13.2. The van der Waals surface area contributed by atoms with Crippen LogP contribution in [0.2, 0.25) is 0 Å². The molecule has 1 unspecified atom stereocenters. The van der Waals surface area contributed by atoms with E-state index in [1.165, 1.54) is 0 Å². The third-order valence-electron chi connectivity index (χ3n) is 3.60. The van der Waals surface area contributed by atoms with Gasteiger partial charge in [0.1, 0.15) is 0 Å². The Kier molecular flexibility index (Phi) is 5.92. The van der Waals surface area contributed by atoms with Crippen molar-refractivity contribution in [1.82, 2.24) is 10.2 Å². The molecule has 1 aliphatic carbocycles. The van der Waals surface area contributed by atoms with Crippen LogP contribution in [0.5, 0.6) is 0 Å². The van der Waals surface area contributed by atoms with Crippen LogP contribution in [0.1, 0.15) is 39.0 Å². The average molecular weight is 242 g/mol. The van der Waals surface area contributed by atoms with Gasteiger partial charge in [-0.2, -0.15) is 0 Å². The molecular formula is C13H26N2O2. The topological polar surface area (TPSA) is 52.6 Å². The Morgan fingerprint density at radius 1 is 1.35 bits per heavy atom. The lowest BCUT2D eigenvalue weighted by Gasteiger charge is -2.30. The number of aliphatic hydroxyl groups excluding tert-OH is 1. The fraction of sp³-hybridized carbons (Fsp3) is 0.923. The summed E-state index contributed by atoms with van der Waals surface area (Å²) in [5.41, 5.74) is 0. The normalized spacial score (nSPS) is 26.6. The fourth-order valence-corrected chi connectivity index (χ4v) is 2.42. The number of amides is 1. The molecule has 4 nitrogen and oxygen atoms in total. The zero-order valence-corrected chi connectivity index (χ0v) is 11.3. The maximum absolute atomic E-state index is 11.5. The van der Waals surface area contributed by atoms with Gasteiger partial charge in [-0.25, -0.2) is 0 Å². The second-order valence-corrected chi connectivity index (χ2v) is 5.46. The maximum atomic E-state index is 11.5. The minimum atomic E-state index is 0.175. The fourth-order valence-electron chi connectivity index (χ4n) is 2.42. The molecule has 0 aromatic rings. The first-order chi connectivity index (χ1) is 8.02. The lowest BCUT2D eigenvalue weighted by atomic mass is 9.86. The molecule has 1 saturated carbocycles. The van der Waals surface area contributed by atoms with E-state index in [4.69, 9.17) is 5.11 Å². The maximum Gasteiger partial charge on any atom is 0.223 e. The predicted octanol–water partition coefficient (Wildman–Crippen LogP) is 0.994. The van der Waals surface area contributed by atoms with Gasteiger partial charge in [-0.15, -0.1) is 0 Å². The van der Waals surface area contributed by atoms with Crippen LogP contribution in [-0.2, 0) is 4.79 Å². The van der Waals surface area contributed by atoms with Crippen molar-refractivity contribution in [2.45, 2.75) is 51.1 Å².